The number of ether oxygens (including phenoxy) is 1. The molecule has 86 valence electrons. The molecule has 0 radical (unpaired) electrons. The molecular formula is C11H11BrINO2. The molecule has 0 spiro atoms. The molecule has 1 unspecified atom stereocenters. The maximum atomic E-state index is 12.0. The number of hydrogen-bond donors (Lipinski definition) is 1. The van der Waals surface area contributed by atoms with Crippen molar-refractivity contribution in [3.05, 3.63) is 31.8 Å². The maximum absolute atomic E-state index is 12.0. The molecule has 5 heteroatoms. The number of rotatable bonds is 2. The molecular weight excluding hydrogens is 385 g/mol. The SMILES string of the molecule is O=C(NC1CCOC1)c1cc(Br)ccc1I. The van der Waals surface area contributed by atoms with Crippen LogP contribution in [0.25, 0.3) is 0 Å². The summed E-state index contributed by atoms with van der Waals surface area (Å²) in [5.41, 5.74) is 0.710. The Morgan fingerprint density at radius 3 is 3.06 bits per heavy atom. The molecule has 1 aromatic rings. The van der Waals surface area contributed by atoms with E-state index in [2.05, 4.69) is 43.8 Å². The van der Waals surface area contributed by atoms with Gasteiger partial charge in [-0.15, -0.1) is 0 Å². The number of amides is 1. The van der Waals surface area contributed by atoms with Gasteiger partial charge in [-0.05, 0) is 47.2 Å². The zero-order chi connectivity index (χ0) is 11.5. The topological polar surface area (TPSA) is 38.3 Å². The third-order valence-corrected chi connectivity index (χ3v) is 3.87. The molecule has 1 heterocycles. The smallest absolute Gasteiger partial charge is 0.252 e. The summed E-state index contributed by atoms with van der Waals surface area (Å²) < 4.78 is 7.10. The van der Waals surface area contributed by atoms with E-state index in [1.54, 1.807) is 0 Å². The van der Waals surface area contributed by atoms with Crippen LogP contribution in [0.15, 0.2) is 22.7 Å². The van der Waals surface area contributed by atoms with Crippen LogP contribution in [0.3, 0.4) is 0 Å². The summed E-state index contributed by atoms with van der Waals surface area (Å²) in [6.07, 6.45) is 0.899. The van der Waals surface area contributed by atoms with Gasteiger partial charge in [0.25, 0.3) is 5.91 Å². The van der Waals surface area contributed by atoms with Crippen LogP contribution in [-0.2, 0) is 4.74 Å². The Morgan fingerprint density at radius 1 is 1.56 bits per heavy atom. The number of carbonyl (C=O) groups is 1. The fourth-order valence-electron chi connectivity index (χ4n) is 1.58. The van der Waals surface area contributed by atoms with Gasteiger partial charge in [-0.2, -0.15) is 0 Å². The Hall–Kier alpha value is -0.140. The molecule has 16 heavy (non-hydrogen) atoms. The zero-order valence-corrected chi connectivity index (χ0v) is 12.2. The van der Waals surface area contributed by atoms with Crippen LogP contribution in [-0.4, -0.2) is 25.2 Å². The van der Waals surface area contributed by atoms with Crippen molar-refractivity contribution in [2.24, 2.45) is 0 Å². The van der Waals surface area contributed by atoms with Crippen LogP contribution in [0.1, 0.15) is 16.8 Å². The van der Waals surface area contributed by atoms with Crippen molar-refractivity contribution in [1.82, 2.24) is 5.32 Å². The van der Waals surface area contributed by atoms with Crippen molar-refractivity contribution in [2.75, 3.05) is 13.2 Å². The van der Waals surface area contributed by atoms with Crippen LogP contribution in [0, 0.1) is 3.57 Å². The molecule has 1 saturated heterocycles. The van der Waals surface area contributed by atoms with Crippen LogP contribution in [0.4, 0.5) is 0 Å². The van der Waals surface area contributed by atoms with Gasteiger partial charge in [0.15, 0.2) is 0 Å². The summed E-state index contributed by atoms with van der Waals surface area (Å²) in [4.78, 5) is 12.0. The van der Waals surface area contributed by atoms with Gasteiger partial charge in [-0.3, -0.25) is 4.79 Å². The standard InChI is InChI=1S/C11H11BrINO2/c12-7-1-2-10(13)9(5-7)11(15)14-8-3-4-16-6-8/h1-2,5,8H,3-4,6H2,(H,14,15). The summed E-state index contributed by atoms with van der Waals surface area (Å²) in [6.45, 7) is 1.36. The Bertz CT molecular complexity index is 405. The molecule has 0 aromatic heterocycles. The summed E-state index contributed by atoms with van der Waals surface area (Å²) >= 11 is 5.54. The Kier molecular flexibility index (Phi) is 4.21. The first-order valence-electron chi connectivity index (χ1n) is 5.00. The minimum Gasteiger partial charge on any atom is -0.379 e. The van der Waals surface area contributed by atoms with E-state index in [4.69, 9.17) is 4.74 Å². The van der Waals surface area contributed by atoms with Crippen molar-refractivity contribution >= 4 is 44.4 Å². The second-order valence-electron chi connectivity index (χ2n) is 3.66. The number of nitrogens with one attached hydrogen (secondary N) is 1. The van der Waals surface area contributed by atoms with Gasteiger partial charge in [-0.1, -0.05) is 15.9 Å². The Labute approximate surface area is 116 Å². The highest BCUT2D eigenvalue weighted by atomic mass is 127. The third-order valence-electron chi connectivity index (χ3n) is 2.44. The average Bonchev–Trinajstić information content (AvgIpc) is 2.74. The number of halogens is 2. The average molecular weight is 396 g/mol. The van der Waals surface area contributed by atoms with Gasteiger partial charge in [0.1, 0.15) is 0 Å². The molecule has 0 aliphatic carbocycles. The van der Waals surface area contributed by atoms with Crippen molar-refractivity contribution in [1.29, 1.82) is 0 Å². The second-order valence-corrected chi connectivity index (χ2v) is 5.74. The van der Waals surface area contributed by atoms with Crippen molar-refractivity contribution < 1.29 is 9.53 Å². The van der Waals surface area contributed by atoms with Crippen molar-refractivity contribution in [3.63, 3.8) is 0 Å². The van der Waals surface area contributed by atoms with E-state index in [0.29, 0.717) is 12.2 Å². The number of carbonyl (C=O) groups excluding carboxylic acids is 1. The quantitative estimate of drug-likeness (QED) is 0.781. The summed E-state index contributed by atoms with van der Waals surface area (Å²) in [5.74, 6) is -0.0267. The van der Waals surface area contributed by atoms with Gasteiger partial charge >= 0.3 is 0 Å². The predicted octanol–water partition coefficient (Wildman–Crippen LogP) is 2.57. The summed E-state index contributed by atoms with van der Waals surface area (Å²) in [7, 11) is 0. The highest BCUT2D eigenvalue weighted by Gasteiger charge is 2.19. The van der Waals surface area contributed by atoms with E-state index in [1.165, 1.54) is 0 Å². The van der Waals surface area contributed by atoms with Crippen LogP contribution >= 0.6 is 38.5 Å². The fourth-order valence-corrected chi connectivity index (χ4v) is 2.52. The van der Waals surface area contributed by atoms with Gasteiger partial charge in [0.05, 0.1) is 18.2 Å². The molecule has 1 N–H and O–H groups in total. The molecule has 1 aromatic carbocycles. The molecule has 1 aliphatic heterocycles. The minimum absolute atomic E-state index is 0.0267. The van der Waals surface area contributed by atoms with Crippen LogP contribution in [0.5, 0.6) is 0 Å². The highest BCUT2D eigenvalue weighted by Crippen LogP contribution is 2.18. The fraction of sp³-hybridized carbons (Fsp3) is 0.364. The lowest BCUT2D eigenvalue weighted by Gasteiger charge is -2.11. The molecule has 1 fully saturated rings. The van der Waals surface area contributed by atoms with E-state index >= 15 is 0 Å². The van der Waals surface area contributed by atoms with Gasteiger partial charge in [-0.25, -0.2) is 0 Å². The Balaban J connectivity index is 2.10. The van der Waals surface area contributed by atoms with E-state index < -0.39 is 0 Å². The molecule has 1 amide bonds. The first-order valence-corrected chi connectivity index (χ1v) is 6.87. The van der Waals surface area contributed by atoms with E-state index in [1.807, 2.05) is 18.2 Å². The third kappa shape index (κ3) is 2.95. The lowest BCUT2D eigenvalue weighted by Crippen LogP contribution is -2.35. The normalized spacial score (nSPS) is 19.8. The van der Waals surface area contributed by atoms with Crippen molar-refractivity contribution in [3.8, 4) is 0 Å². The monoisotopic (exact) mass is 395 g/mol. The van der Waals surface area contributed by atoms with Crippen LogP contribution in [0.2, 0.25) is 0 Å². The molecule has 1 aliphatic rings. The zero-order valence-electron chi connectivity index (χ0n) is 8.50. The first kappa shape index (κ1) is 12.3. The number of benzene rings is 1. The molecule has 2 rings (SSSR count). The lowest BCUT2D eigenvalue weighted by molar-refractivity contribution is 0.0929. The highest BCUT2D eigenvalue weighted by molar-refractivity contribution is 14.1. The van der Waals surface area contributed by atoms with Gasteiger partial charge in [0, 0.05) is 14.6 Å². The van der Waals surface area contributed by atoms with Gasteiger partial charge in [0.2, 0.25) is 0 Å². The van der Waals surface area contributed by atoms with E-state index in [-0.39, 0.29) is 11.9 Å². The van der Waals surface area contributed by atoms with E-state index in [0.717, 1.165) is 21.1 Å². The predicted molar refractivity (Wildman–Crippen MR) is 73.5 cm³/mol. The molecule has 1 atom stereocenters. The minimum atomic E-state index is -0.0267. The van der Waals surface area contributed by atoms with Crippen LogP contribution < -0.4 is 5.32 Å². The molecule has 0 bridgehead atoms. The largest absolute Gasteiger partial charge is 0.379 e. The van der Waals surface area contributed by atoms with Crippen molar-refractivity contribution in [2.45, 2.75) is 12.5 Å². The second kappa shape index (κ2) is 5.46. The molecule has 3 nitrogen and oxygen atoms in total. The summed E-state index contributed by atoms with van der Waals surface area (Å²) in [6, 6.07) is 5.84. The first-order chi connectivity index (χ1) is 7.66. The van der Waals surface area contributed by atoms with Gasteiger partial charge < -0.3 is 10.1 Å². The summed E-state index contributed by atoms with van der Waals surface area (Å²) in [5, 5.41) is 2.97. The van der Waals surface area contributed by atoms with E-state index in [9.17, 15) is 4.79 Å². The molecule has 0 saturated carbocycles. The maximum Gasteiger partial charge on any atom is 0.252 e. The Morgan fingerprint density at radius 2 is 2.38 bits per heavy atom. The number of hydrogen-bond acceptors (Lipinski definition) is 2. The lowest BCUT2D eigenvalue weighted by atomic mass is 10.2.